The highest BCUT2D eigenvalue weighted by atomic mass is 79.9. The van der Waals surface area contributed by atoms with Gasteiger partial charge in [-0.1, -0.05) is 15.9 Å². The molecule has 0 aromatic heterocycles. The van der Waals surface area contributed by atoms with E-state index < -0.39 is 11.6 Å². The summed E-state index contributed by atoms with van der Waals surface area (Å²) < 4.78 is 25.8. The molecule has 0 saturated heterocycles. The van der Waals surface area contributed by atoms with Crippen molar-refractivity contribution in [1.82, 2.24) is 0 Å². The summed E-state index contributed by atoms with van der Waals surface area (Å²) in [4.78, 5) is 0. The van der Waals surface area contributed by atoms with E-state index in [1.807, 2.05) is 6.07 Å². The van der Waals surface area contributed by atoms with Crippen LogP contribution in [-0.2, 0) is 6.42 Å². The Morgan fingerprint density at radius 1 is 1.31 bits per heavy atom. The molecule has 0 aliphatic heterocycles. The van der Waals surface area contributed by atoms with E-state index in [1.165, 1.54) is 0 Å². The Bertz CT molecular complexity index is 357. The van der Waals surface area contributed by atoms with Crippen LogP contribution in [0.5, 0.6) is 0 Å². The molecule has 68 valence electrons. The second kappa shape index (κ2) is 4.33. The van der Waals surface area contributed by atoms with Gasteiger partial charge in [0.1, 0.15) is 0 Å². The van der Waals surface area contributed by atoms with Gasteiger partial charge in [-0.25, -0.2) is 8.78 Å². The second-order valence-electron chi connectivity index (χ2n) is 2.52. The van der Waals surface area contributed by atoms with Crippen molar-refractivity contribution in [2.24, 2.45) is 0 Å². The zero-order chi connectivity index (χ0) is 9.84. The van der Waals surface area contributed by atoms with E-state index in [9.17, 15) is 8.78 Å². The first-order chi connectivity index (χ1) is 6.15. The van der Waals surface area contributed by atoms with Crippen LogP contribution in [0.4, 0.5) is 8.78 Å². The molecule has 1 nitrogen and oxygen atoms in total. The summed E-state index contributed by atoms with van der Waals surface area (Å²) in [5.74, 6) is -1.76. The second-order valence-corrected chi connectivity index (χ2v) is 3.37. The van der Waals surface area contributed by atoms with Gasteiger partial charge < -0.3 is 0 Å². The fraction of sp³-hybridized carbons (Fsp3) is 0.222. The Kier molecular flexibility index (Phi) is 3.38. The Morgan fingerprint density at radius 2 is 1.92 bits per heavy atom. The molecule has 0 saturated carbocycles. The Balaban J connectivity index is 2.96. The monoisotopic (exact) mass is 245 g/mol. The summed E-state index contributed by atoms with van der Waals surface area (Å²) in [6.45, 7) is 0. The summed E-state index contributed by atoms with van der Waals surface area (Å²) in [7, 11) is 0. The lowest BCUT2D eigenvalue weighted by molar-refractivity contribution is 0.506. The molecule has 0 unspecified atom stereocenters. The van der Waals surface area contributed by atoms with E-state index in [0.29, 0.717) is 22.9 Å². The van der Waals surface area contributed by atoms with Crippen LogP contribution in [0.2, 0.25) is 0 Å². The van der Waals surface area contributed by atoms with E-state index in [0.717, 1.165) is 12.1 Å². The van der Waals surface area contributed by atoms with Crippen molar-refractivity contribution in [1.29, 1.82) is 5.26 Å². The number of benzene rings is 1. The van der Waals surface area contributed by atoms with Gasteiger partial charge in [0.15, 0.2) is 11.6 Å². The molecular formula is C9H6BrF2N. The van der Waals surface area contributed by atoms with Crippen LogP contribution in [0.1, 0.15) is 12.0 Å². The lowest BCUT2D eigenvalue weighted by atomic mass is 10.1. The van der Waals surface area contributed by atoms with Gasteiger partial charge in [0.05, 0.1) is 6.07 Å². The van der Waals surface area contributed by atoms with Gasteiger partial charge in [0.25, 0.3) is 0 Å². The molecule has 1 aromatic carbocycles. The summed E-state index contributed by atoms with van der Waals surface area (Å²) in [6.07, 6.45) is 0.720. The van der Waals surface area contributed by atoms with E-state index in [-0.39, 0.29) is 0 Å². The molecule has 0 atom stereocenters. The van der Waals surface area contributed by atoms with Crippen molar-refractivity contribution in [3.8, 4) is 6.07 Å². The minimum Gasteiger partial charge on any atom is -0.204 e. The number of rotatable bonds is 2. The van der Waals surface area contributed by atoms with Crippen LogP contribution in [-0.4, -0.2) is 0 Å². The average Bonchev–Trinajstić information content (AvgIpc) is 2.09. The number of nitriles is 1. The summed E-state index contributed by atoms with van der Waals surface area (Å²) in [5.41, 5.74) is 0.612. The van der Waals surface area contributed by atoms with Gasteiger partial charge in [0, 0.05) is 10.9 Å². The molecule has 13 heavy (non-hydrogen) atoms. The van der Waals surface area contributed by atoms with E-state index >= 15 is 0 Å². The Morgan fingerprint density at radius 3 is 2.54 bits per heavy atom. The van der Waals surface area contributed by atoms with Crippen molar-refractivity contribution < 1.29 is 8.78 Å². The maximum atomic E-state index is 12.7. The number of hydrogen-bond donors (Lipinski definition) is 0. The lowest BCUT2D eigenvalue weighted by Crippen LogP contribution is -1.91. The van der Waals surface area contributed by atoms with Crippen LogP contribution in [0, 0.1) is 23.0 Å². The van der Waals surface area contributed by atoms with Gasteiger partial charge in [0.2, 0.25) is 0 Å². The third-order valence-corrected chi connectivity index (χ3v) is 2.33. The molecule has 1 aromatic rings. The van der Waals surface area contributed by atoms with E-state index in [2.05, 4.69) is 15.9 Å². The number of nitrogens with zero attached hydrogens (tertiary/aromatic N) is 1. The van der Waals surface area contributed by atoms with E-state index in [4.69, 9.17) is 5.26 Å². The van der Waals surface area contributed by atoms with Gasteiger partial charge in [-0.15, -0.1) is 0 Å². The highest BCUT2D eigenvalue weighted by molar-refractivity contribution is 9.10. The Labute approximate surface area is 83.1 Å². The molecule has 0 bridgehead atoms. The molecule has 1 rings (SSSR count). The Hall–Kier alpha value is -0.950. The molecule has 0 heterocycles. The largest absolute Gasteiger partial charge is 0.204 e. The molecule has 4 heteroatoms. The van der Waals surface area contributed by atoms with Crippen LogP contribution in [0.15, 0.2) is 16.6 Å². The molecule has 0 fully saturated rings. The fourth-order valence-corrected chi connectivity index (χ4v) is 1.46. The molecule has 0 spiro atoms. The van der Waals surface area contributed by atoms with Crippen molar-refractivity contribution in [2.45, 2.75) is 12.8 Å². The smallest absolute Gasteiger partial charge is 0.159 e. The maximum Gasteiger partial charge on any atom is 0.159 e. The lowest BCUT2D eigenvalue weighted by Gasteiger charge is -2.02. The van der Waals surface area contributed by atoms with Gasteiger partial charge >= 0.3 is 0 Å². The van der Waals surface area contributed by atoms with Crippen molar-refractivity contribution in [3.63, 3.8) is 0 Å². The molecular weight excluding hydrogens is 240 g/mol. The topological polar surface area (TPSA) is 23.8 Å². The zero-order valence-electron chi connectivity index (χ0n) is 6.65. The third-order valence-electron chi connectivity index (χ3n) is 1.60. The van der Waals surface area contributed by atoms with E-state index in [1.54, 1.807) is 0 Å². The first-order valence-electron chi connectivity index (χ1n) is 3.65. The highest BCUT2D eigenvalue weighted by Crippen LogP contribution is 2.21. The van der Waals surface area contributed by atoms with Gasteiger partial charge in [-0.05, 0) is 24.1 Å². The normalized spacial score (nSPS) is 9.69. The predicted octanol–water partition coefficient (Wildman–Crippen LogP) is 3.18. The molecule has 0 radical (unpaired) electrons. The van der Waals surface area contributed by atoms with Crippen molar-refractivity contribution >= 4 is 15.9 Å². The van der Waals surface area contributed by atoms with Gasteiger partial charge in [-0.3, -0.25) is 0 Å². The predicted molar refractivity (Wildman–Crippen MR) is 48.0 cm³/mol. The maximum absolute atomic E-state index is 12.7. The number of hydrogen-bond acceptors (Lipinski definition) is 1. The SMILES string of the molecule is N#CCCc1cc(F)c(F)cc1Br. The number of aryl methyl sites for hydroxylation is 1. The molecule has 0 aliphatic rings. The van der Waals surface area contributed by atoms with Crippen LogP contribution in [0.25, 0.3) is 0 Å². The first-order valence-corrected chi connectivity index (χ1v) is 4.45. The standard InChI is InChI=1S/C9H6BrF2N/c10-7-5-9(12)8(11)4-6(7)2-1-3-13/h4-5H,1-2H2. The average molecular weight is 246 g/mol. The number of halogens is 3. The third kappa shape index (κ3) is 2.49. The van der Waals surface area contributed by atoms with Crippen LogP contribution < -0.4 is 0 Å². The van der Waals surface area contributed by atoms with Crippen LogP contribution >= 0.6 is 15.9 Å². The highest BCUT2D eigenvalue weighted by Gasteiger charge is 2.07. The first kappa shape index (κ1) is 10.1. The summed E-state index contributed by atoms with van der Waals surface area (Å²) in [5, 5.41) is 8.31. The van der Waals surface area contributed by atoms with Crippen LogP contribution in [0.3, 0.4) is 0 Å². The fourth-order valence-electron chi connectivity index (χ4n) is 0.946. The molecule has 0 N–H and O–H groups in total. The minimum absolute atomic E-state index is 0.295. The quantitative estimate of drug-likeness (QED) is 0.735. The minimum atomic E-state index is -0.882. The summed E-state index contributed by atoms with van der Waals surface area (Å²) >= 11 is 3.10. The summed E-state index contributed by atoms with van der Waals surface area (Å²) in [6, 6.07) is 4.12. The van der Waals surface area contributed by atoms with Crippen molar-refractivity contribution in [3.05, 3.63) is 33.8 Å². The van der Waals surface area contributed by atoms with Crippen molar-refractivity contribution in [2.75, 3.05) is 0 Å². The molecule has 0 aliphatic carbocycles. The zero-order valence-corrected chi connectivity index (χ0v) is 8.24. The molecule has 0 amide bonds. The van der Waals surface area contributed by atoms with Gasteiger partial charge in [-0.2, -0.15) is 5.26 Å².